The fourth-order valence-corrected chi connectivity index (χ4v) is 2.24. The topological polar surface area (TPSA) is 128 Å². The summed E-state index contributed by atoms with van der Waals surface area (Å²) in [6.45, 7) is -0.816. The van der Waals surface area contributed by atoms with Crippen molar-refractivity contribution in [2.24, 2.45) is 0 Å². The first kappa shape index (κ1) is 21.4. The molecule has 2 aromatic rings. The Labute approximate surface area is 166 Å². The van der Waals surface area contributed by atoms with Gasteiger partial charge in [0.15, 0.2) is 6.61 Å². The van der Waals surface area contributed by atoms with Crippen LogP contribution in [0, 0.1) is 10.1 Å². The lowest BCUT2D eigenvalue weighted by Crippen LogP contribution is -2.37. The van der Waals surface area contributed by atoms with E-state index in [9.17, 15) is 24.5 Å². The molecule has 2 aromatic carbocycles. The predicted octanol–water partition coefficient (Wildman–Crippen LogP) is 1.86. The highest BCUT2D eigenvalue weighted by Crippen LogP contribution is 2.16. The summed E-state index contributed by atoms with van der Waals surface area (Å²) >= 11 is 0. The molecule has 0 aromatic heterocycles. The lowest BCUT2D eigenvalue weighted by Gasteiger charge is -2.17. The maximum atomic E-state index is 12.1. The van der Waals surface area contributed by atoms with Crippen LogP contribution in [-0.2, 0) is 14.3 Å². The molecule has 0 aliphatic rings. The van der Waals surface area contributed by atoms with Crippen LogP contribution in [0.1, 0.15) is 10.4 Å². The maximum absolute atomic E-state index is 12.1. The number of hydrogen-bond acceptors (Lipinski definition) is 7. The largest absolute Gasteiger partial charge is 0.497 e. The van der Waals surface area contributed by atoms with E-state index >= 15 is 0 Å². The molecule has 0 spiro atoms. The summed E-state index contributed by atoms with van der Waals surface area (Å²) in [5, 5.41) is 13.2. The zero-order chi connectivity index (χ0) is 21.4. The van der Waals surface area contributed by atoms with Crippen molar-refractivity contribution in [1.29, 1.82) is 0 Å². The number of amides is 2. The third-order valence-electron chi connectivity index (χ3n) is 3.80. The van der Waals surface area contributed by atoms with E-state index in [1.807, 2.05) is 0 Å². The SMILES string of the molecule is COc1cccc(NC(=O)CN(C)C(=O)COC(=O)c2ccc([N+](=O)[O-])cc2)c1. The van der Waals surface area contributed by atoms with Crippen LogP contribution in [0.25, 0.3) is 0 Å². The van der Waals surface area contributed by atoms with Gasteiger partial charge in [-0.2, -0.15) is 0 Å². The molecule has 1 N–H and O–H groups in total. The molecule has 0 bridgehead atoms. The number of benzene rings is 2. The van der Waals surface area contributed by atoms with Crippen LogP contribution in [0.2, 0.25) is 0 Å². The smallest absolute Gasteiger partial charge is 0.338 e. The highest BCUT2D eigenvalue weighted by atomic mass is 16.6. The van der Waals surface area contributed by atoms with E-state index in [0.717, 1.165) is 17.0 Å². The normalized spacial score (nSPS) is 10.0. The van der Waals surface area contributed by atoms with Crippen molar-refractivity contribution < 1.29 is 28.8 Å². The quantitative estimate of drug-likeness (QED) is 0.406. The number of carbonyl (C=O) groups excluding carboxylic acids is 3. The number of rotatable bonds is 8. The maximum Gasteiger partial charge on any atom is 0.338 e. The minimum atomic E-state index is -0.803. The van der Waals surface area contributed by atoms with Crippen LogP contribution in [0.4, 0.5) is 11.4 Å². The van der Waals surface area contributed by atoms with Crippen molar-refractivity contribution in [3.05, 3.63) is 64.2 Å². The number of esters is 1. The highest BCUT2D eigenvalue weighted by Gasteiger charge is 2.17. The summed E-state index contributed by atoms with van der Waals surface area (Å²) in [4.78, 5) is 47.2. The number of hydrogen-bond donors (Lipinski definition) is 1. The minimum absolute atomic E-state index is 0.0711. The molecule has 2 amide bonds. The Morgan fingerprint density at radius 1 is 1.14 bits per heavy atom. The summed E-state index contributed by atoms with van der Waals surface area (Å²) in [7, 11) is 2.90. The number of nitro benzene ring substituents is 1. The summed E-state index contributed by atoms with van der Waals surface area (Å²) in [6, 6.07) is 11.5. The Hall–Kier alpha value is -3.95. The number of anilines is 1. The lowest BCUT2D eigenvalue weighted by molar-refractivity contribution is -0.384. The minimum Gasteiger partial charge on any atom is -0.497 e. The third-order valence-corrected chi connectivity index (χ3v) is 3.80. The van der Waals surface area contributed by atoms with Crippen LogP contribution in [0.5, 0.6) is 5.75 Å². The standard InChI is InChI=1S/C19H19N3O7/c1-21(11-17(23)20-14-4-3-5-16(10-14)28-2)18(24)12-29-19(25)13-6-8-15(9-7-13)22(26)27/h3-10H,11-12H2,1-2H3,(H,20,23). The van der Waals surface area contributed by atoms with Gasteiger partial charge in [-0.05, 0) is 24.3 Å². The molecule has 0 saturated carbocycles. The van der Waals surface area contributed by atoms with Crippen LogP contribution in [0.15, 0.2) is 48.5 Å². The van der Waals surface area contributed by atoms with Gasteiger partial charge < -0.3 is 19.7 Å². The summed E-state index contributed by atoms with van der Waals surface area (Å²) < 4.78 is 9.96. The molecule has 0 heterocycles. The van der Waals surface area contributed by atoms with Gasteiger partial charge in [0, 0.05) is 30.9 Å². The second-order valence-electron chi connectivity index (χ2n) is 5.91. The first-order valence-electron chi connectivity index (χ1n) is 8.39. The van der Waals surface area contributed by atoms with Crippen molar-refractivity contribution >= 4 is 29.2 Å². The Bertz CT molecular complexity index is 912. The van der Waals surface area contributed by atoms with Crippen molar-refractivity contribution in [2.45, 2.75) is 0 Å². The van der Waals surface area contributed by atoms with Crippen molar-refractivity contribution in [1.82, 2.24) is 4.90 Å². The zero-order valence-corrected chi connectivity index (χ0v) is 15.8. The fraction of sp³-hybridized carbons (Fsp3) is 0.211. The zero-order valence-electron chi connectivity index (χ0n) is 15.8. The van der Waals surface area contributed by atoms with Crippen LogP contribution >= 0.6 is 0 Å². The van der Waals surface area contributed by atoms with E-state index in [4.69, 9.17) is 9.47 Å². The molecule has 0 unspecified atom stereocenters. The molecule has 0 aliphatic carbocycles. The monoisotopic (exact) mass is 401 g/mol. The molecular formula is C19H19N3O7. The van der Waals surface area contributed by atoms with Gasteiger partial charge in [0.25, 0.3) is 11.6 Å². The van der Waals surface area contributed by atoms with E-state index in [1.165, 1.54) is 26.3 Å². The van der Waals surface area contributed by atoms with Crippen molar-refractivity contribution in [3.8, 4) is 5.75 Å². The van der Waals surface area contributed by atoms with Crippen LogP contribution < -0.4 is 10.1 Å². The third kappa shape index (κ3) is 6.31. The van der Waals surface area contributed by atoms with Crippen LogP contribution in [-0.4, -0.2) is 54.9 Å². The molecule has 10 heteroatoms. The molecule has 0 saturated heterocycles. The Morgan fingerprint density at radius 3 is 2.45 bits per heavy atom. The second kappa shape index (κ2) is 9.83. The predicted molar refractivity (Wildman–Crippen MR) is 103 cm³/mol. The van der Waals surface area contributed by atoms with Crippen molar-refractivity contribution in [3.63, 3.8) is 0 Å². The van der Waals surface area contributed by atoms with Gasteiger partial charge in [0.1, 0.15) is 5.75 Å². The molecule has 2 rings (SSSR count). The van der Waals surface area contributed by atoms with Gasteiger partial charge in [-0.15, -0.1) is 0 Å². The summed E-state index contributed by atoms with van der Waals surface area (Å²) in [6.07, 6.45) is 0. The van der Waals surface area contributed by atoms with Gasteiger partial charge >= 0.3 is 5.97 Å². The van der Waals surface area contributed by atoms with Gasteiger partial charge in [-0.1, -0.05) is 6.07 Å². The van der Waals surface area contributed by atoms with Crippen molar-refractivity contribution in [2.75, 3.05) is 32.6 Å². The van der Waals surface area contributed by atoms with Gasteiger partial charge in [0.2, 0.25) is 5.91 Å². The number of ether oxygens (including phenoxy) is 2. The molecule has 152 valence electrons. The summed E-state index contributed by atoms with van der Waals surface area (Å²) in [5.41, 5.74) is 0.418. The lowest BCUT2D eigenvalue weighted by atomic mass is 10.2. The first-order valence-corrected chi connectivity index (χ1v) is 8.39. The fourth-order valence-electron chi connectivity index (χ4n) is 2.24. The van der Waals surface area contributed by atoms with E-state index in [1.54, 1.807) is 24.3 Å². The number of non-ortho nitro benzene ring substituents is 1. The Kier molecular flexibility index (Phi) is 7.24. The number of likely N-dealkylation sites (N-methyl/N-ethyl adjacent to an activating group) is 1. The highest BCUT2D eigenvalue weighted by molar-refractivity contribution is 5.95. The Morgan fingerprint density at radius 2 is 1.83 bits per heavy atom. The molecular weight excluding hydrogens is 382 g/mol. The van der Waals surface area contributed by atoms with Gasteiger partial charge in [-0.3, -0.25) is 19.7 Å². The molecule has 29 heavy (non-hydrogen) atoms. The number of nitrogens with zero attached hydrogens (tertiary/aromatic N) is 2. The van der Waals surface area contributed by atoms with E-state index in [2.05, 4.69) is 5.32 Å². The second-order valence-corrected chi connectivity index (χ2v) is 5.91. The van der Waals surface area contributed by atoms with Gasteiger partial charge in [-0.25, -0.2) is 4.79 Å². The first-order chi connectivity index (χ1) is 13.8. The number of nitro groups is 1. The number of methoxy groups -OCH3 is 1. The average molecular weight is 401 g/mol. The molecule has 10 nitrogen and oxygen atoms in total. The number of carbonyl (C=O) groups is 3. The molecule has 0 atom stereocenters. The average Bonchev–Trinajstić information content (AvgIpc) is 2.71. The Balaban J connectivity index is 1.82. The van der Waals surface area contributed by atoms with Crippen LogP contribution in [0.3, 0.4) is 0 Å². The molecule has 0 radical (unpaired) electrons. The number of nitrogens with one attached hydrogen (secondary N) is 1. The van der Waals surface area contributed by atoms with E-state index in [-0.39, 0.29) is 17.8 Å². The van der Waals surface area contributed by atoms with Gasteiger partial charge in [0.05, 0.1) is 24.1 Å². The summed E-state index contributed by atoms with van der Waals surface area (Å²) in [5.74, 6) is -1.25. The molecule has 0 aliphatic heterocycles. The van der Waals surface area contributed by atoms with E-state index in [0.29, 0.717) is 11.4 Å². The molecule has 0 fully saturated rings. The van der Waals surface area contributed by atoms with E-state index < -0.39 is 29.3 Å².